The number of rotatable bonds is 2. The van der Waals surface area contributed by atoms with Crippen LogP contribution in [-0.2, 0) is 5.41 Å². The SMILES string of the molecule is Cc1nnc(C2(C)CCCC2N)n1-c1ccccc1. The molecule has 100 valence electrons. The molecule has 0 bridgehead atoms. The minimum absolute atomic E-state index is 0.0723. The van der Waals surface area contributed by atoms with E-state index in [0.29, 0.717) is 0 Å². The Kier molecular flexibility index (Phi) is 2.90. The Morgan fingerprint density at radius 2 is 2.00 bits per heavy atom. The van der Waals surface area contributed by atoms with Crippen molar-refractivity contribution in [3.63, 3.8) is 0 Å². The summed E-state index contributed by atoms with van der Waals surface area (Å²) in [6.45, 7) is 4.21. The molecule has 1 heterocycles. The molecule has 1 aromatic carbocycles. The molecule has 2 N–H and O–H groups in total. The Balaban J connectivity index is 2.14. The van der Waals surface area contributed by atoms with E-state index in [0.717, 1.165) is 30.2 Å². The molecule has 1 aliphatic carbocycles. The van der Waals surface area contributed by atoms with Crippen molar-refractivity contribution in [2.75, 3.05) is 0 Å². The van der Waals surface area contributed by atoms with Gasteiger partial charge in [-0.1, -0.05) is 31.5 Å². The van der Waals surface area contributed by atoms with Crippen LogP contribution in [0.1, 0.15) is 37.8 Å². The molecule has 2 aromatic rings. The highest BCUT2D eigenvalue weighted by atomic mass is 15.3. The van der Waals surface area contributed by atoms with Gasteiger partial charge in [-0.05, 0) is 31.9 Å². The van der Waals surface area contributed by atoms with Crippen molar-refractivity contribution < 1.29 is 0 Å². The lowest BCUT2D eigenvalue weighted by atomic mass is 9.84. The zero-order valence-electron chi connectivity index (χ0n) is 11.5. The highest BCUT2D eigenvalue weighted by Crippen LogP contribution is 2.39. The monoisotopic (exact) mass is 256 g/mol. The Labute approximate surface area is 113 Å². The van der Waals surface area contributed by atoms with E-state index < -0.39 is 0 Å². The number of hydrogen-bond donors (Lipinski definition) is 1. The summed E-state index contributed by atoms with van der Waals surface area (Å²) >= 11 is 0. The van der Waals surface area contributed by atoms with Gasteiger partial charge in [0.2, 0.25) is 0 Å². The van der Waals surface area contributed by atoms with Gasteiger partial charge in [0, 0.05) is 17.1 Å². The molecule has 0 radical (unpaired) electrons. The standard InChI is InChI=1S/C15H20N4/c1-11-17-18-14(15(2)10-6-9-13(15)16)19(11)12-7-4-3-5-8-12/h3-5,7-8,13H,6,9-10,16H2,1-2H3. The van der Waals surface area contributed by atoms with Gasteiger partial charge in [0.1, 0.15) is 11.6 Å². The molecule has 19 heavy (non-hydrogen) atoms. The first-order valence-corrected chi connectivity index (χ1v) is 6.86. The predicted octanol–water partition coefficient (Wildman–Crippen LogP) is 2.34. The van der Waals surface area contributed by atoms with Crippen molar-refractivity contribution in [1.29, 1.82) is 0 Å². The Hall–Kier alpha value is -1.68. The summed E-state index contributed by atoms with van der Waals surface area (Å²) in [7, 11) is 0. The van der Waals surface area contributed by atoms with Crippen LogP contribution in [0, 0.1) is 6.92 Å². The van der Waals surface area contributed by atoms with E-state index in [9.17, 15) is 0 Å². The first-order valence-electron chi connectivity index (χ1n) is 6.86. The molecular formula is C15H20N4. The van der Waals surface area contributed by atoms with Gasteiger partial charge >= 0.3 is 0 Å². The van der Waals surface area contributed by atoms with Gasteiger partial charge in [0.05, 0.1) is 0 Å². The van der Waals surface area contributed by atoms with Crippen LogP contribution < -0.4 is 5.73 Å². The van der Waals surface area contributed by atoms with Crippen molar-refractivity contribution in [1.82, 2.24) is 14.8 Å². The van der Waals surface area contributed by atoms with Crippen LogP contribution in [0.3, 0.4) is 0 Å². The van der Waals surface area contributed by atoms with Crippen molar-refractivity contribution in [3.05, 3.63) is 42.0 Å². The van der Waals surface area contributed by atoms with E-state index in [4.69, 9.17) is 5.73 Å². The fraction of sp³-hybridized carbons (Fsp3) is 0.467. The third kappa shape index (κ3) is 1.87. The Morgan fingerprint density at radius 3 is 2.63 bits per heavy atom. The van der Waals surface area contributed by atoms with Crippen LogP contribution in [0.5, 0.6) is 0 Å². The molecular weight excluding hydrogens is 236 g/mol. The van der Waals surface area contributed by atoms with Gasteiger partial charge in [0.25, 0.3) is 0 Å². The summed E-state index contributed by atoms with van der Waals surface area (Å²) in [5, 5.41) is 8.70. The second kappa shape index (κ2) is 4.46. The van der Waals surface area contributed by atoms with E-state index in [-0.39, 0.29) is 11.5 Å². The zero-order chi connectivity index (χ0) is 13.5. The largest absolute Gasteiger partial charge is 0.327 e. The van der Waals surface area contributed by atoms with Crippen LogP contribution in [0.2, 0.25) is 0 Å². The molecule has 1 aliphatic rings. The Morgan fingerprint density at radius 1 is 1.26 bits per heavy atom. The number of aryl methyl sites for hydroxylation is 1. The third-order valence-corrected chi connectivity index (χ3v) is 4.38. The van der Waals surface area contributed by atoms with Crippen LogP contribution >= 0.6 is 0 Å². The van der Waals surface area contributed by atoms with Crippen LogP contribution in [0.15, 0.2) is 30.3 Å². The van der Waals surface area contributed by atoms with Crippen molar-refractivity contribution >= 4 is 0 Å². The molecule has 0 aliphatic heterocycles. The van der Waals surface area contributed by atoms with Gasteiger partial charge < -0.3 is 5.73 Å². The highest BCUT2D eigenvalue weighted by molar-refractivity contribution is 5.36. The highest BCUT2D eigenvalue weighted by Gasteiger charge is 2.42. The van der Waals surface area contributed by atoms with Gasteiger partial charge in [0.15, 0.2) is 0 Å². The smallest absolute Gasteiger partial charge is 0.145 e. The van der Waals surface area contributed by atoms with Crippen molar-refractivity contribution in [2.45, 2.75) is 44.6 Å². The maximum atomic E-state index is 6.32. The van der Waals surface area contributed by atoms with E-state index in [1.807, 2.05) is 25.1 Å². The fourth-order valence-corrected chi connectivity index (χ4v) is 3.09. The number of hydrogen-bond acceptors (Lipinski definition) is 3. The minimum atomic E-state index is -0.0723. The van der Waals surface area contributed by atoms with Gasteiger partial charge in [-0.2, -0.15) is 0 Å². The van der Waals surface area contributed by atoms with Crippen molar-refractivity contribution in [2.24, 2.45) is 5.73 Å². The summed E-state index contributed by atoms with van der Waals surface area (Å²) in [5.74, 6) is 1.92. The summed E-state index contributed by atoms with van der Waals surface area (Å²) < 4.78 is 2.14. The average molecular weight is 256 g/mol. The number of para-hydroxylation sites is 1. The van der Waals surface area contributed by atoms with Crippen LogP contribution in [0.4, 0.5) is 0 Å². The summed E-state index contributed by atoms with van der Waals surface area (Å²) in [6.07, 6.45) is 3.31. The molecule has 2 atom stereocenters. The number of benzene rings is 1. The molecule has 1 saturated carbocycles. The molecule has 1 fully saturated rings. The van der Waals surface area contributed by atoms with Crippen LogP contribution in [-0.4, -0.2) is 20.8 Å². The maximum Gasteiger partial charge on any atom is 0.145 e. The van der Waals surface area contributed by atoms with E-state index >= 15 is 0 Å². The van der Waals surface area contributed by atoms with Gasteiger partial charge in [-0.15, -0.1) is 10.2 Å². The number of aromatic nitrogens is 3. The lowest BCUT2D eigenvalue weighted by molar-refractivity contribution is 0.397. The zero-order valence-corrected chi connectivity index (χ0v) is 11.5. The molecule has 0 spiro atoms. The summed E-state index contributed by atoms with van der Waals surface area (Å²) in [6, 6.07) is 10.4. The fourth-order valence-electron chi connectivity index (χ4n) is 3.09. The first kappa shape index (κ1) is 12.4. The molecule has 2 unspecified atom stereocenters. The topological polar surface area (TPSA) is 56.7 Å². The molecule has 4 heteroatoms. The minimum Gasteiger partial charge on any atom is -0.327 e. The average Bonchev–Trinajstić information content (AvgIpc) is 2.96. The second-order valence-electron chi connectivity index (χ2n) is 5.66. The quantitative estimate of drug-likeness (QED) is 0.897. The summed E-state index contributed by atoms with van der Waals surface area (Å²) in [5.41, 5.74) is 7.36. The molecule has 0 amide bonds. The molecule has 3 rings (SSSR count). The molecule has 0 saturated heterocycles. The lowest BCUT2D eigenvalue weighted by Gasteiger charge is -2.28. The normalized spacial score (nSPS) is 26.8. The lowest BCUT2D eigenvalue weighted by Crippen LogP contribution is -2.40. The predicted molar refractivity (Wildman–Crippen MR) is 75.3 cm³/mol. The summed E-state index contributed by atoms with van der Waals surface area (Å²) in [4.78, 5) is 0. The van der Waals surface area contributed by atoms with E-state index in [1.54, 1.807) is 0 Å². The first-order chi connectivity index (χ1) is 9.13. The van der Waals surface area contributed by atoms with Gasteiger partial charge in [-0.3, -0.25) is 4.57 Å². The van der Waals surface area contributed by atoms with Gasteiger partial charge in [-0.25, -0.2) is 0 Å². The van der Waals surface area contributed by atoms with E-state index in [1.165, 1.54) is 6.42 Å². The molecule has 4 nitrogen and oxygen atoms in total. The Bertz CT molecular complexity index is 575. The molecule has 1 aromatic heterocycles. The third-order valence-electron chi connectivity index (χ3n) is 4.38. The van der Waals surface area contributed by atoms with Crippen molar-refractivity contribution in [3.8, 4) is 5.69 Å². The number of nitrogens with zero attached hydrogens (tertiary/aromatic N) is 3. The maximum absolute atomic E-state index is 6.32. The van der Waals surface area contributed by atoms with E-state index in [2.05, 4.69) is 33.8 Å². The number of nitrogens with two attached hydrogens (primary N) is 1. The van der Waals surface area contributed by atoms with Crippen LogP contribution in [0.25, 0.3) is 5.69 Å². The second-order valence-corrected chi connectivity index (χ2v) is 5.66.